The summed E-state index contributed by atoms with van der Waals surface area (Å²) >= 11 is 0. The molecule has 47 heavy (non-hydrogen) atoms. The van der Waals surface area contributed by atoms with Gasteiger partial charge in [-0.3, -0.25) is 4.90 Å². The predicted octanol–water partition coefficient (Wildman–Crippen LogP) is 5.13. The summed E-state index contributed by atoms with van der Waals surface area (Å²) < 4.78 is 60.0. The van der Waals surface area contributed by atoms with Crippen LogP contribution in [-0.4, -0.2) is 83.6 Å². The van der Waals surface area contributed by atoms with Crippen LogP contribution < -0.4 is 15.0 Å². The summed E-state index contributed by atoms with van der Waals surface area (Å²) in [5.74, 6) is -0.0563. The molecule has 8 nitrogen and oxygen atoms in total. The maximum Gasteiger partial charge on any atom is 0.319 e. The molecule has 4 saturated heterocycles. The molecule has 5 heterocycles. The van der Waals surface area contributed by atoms with E-state index in [9.17, 15) is 9.50 Å². The van der Waals surface area contributed by atoms with E-state index in [4.69, 9.17) is 20.9 Å². The number of nitrogens with zero attached hydrogens (tertiary/aromatic N) is 4. The molecule has 9 rings (SSSR count). The minimum Gasteiger partial charge on any atom is -0.508 e. The van der Waals surface area contributed by atoms with Crippen molar-refractivity contribution in [3.05, 3.63) is 53.3 Å². The Bertz CT molecular complexity index is 1970. The number of hydrogen-bond donors (Lipinski definition) is 2. The molecule has 4 aliphatic heterocycles. The van der Waals surface area contributed by atoms with Crippen LogP contribution in [0.4, 0.5) is 19.0 Å². The Morgan fingerprint density at radius 1 is 1.04 bits per heavy atom. The summed E-state index contributed by atoms with van der Waals surface area (Å²) in [4.78, 5) is 13.9. The number of nitrogens with one attached hydrogen (secondary N) is 1. The van der Waals surface area contributed by atoms with Crippen molar-refractivity contribution in [3.63, 3.8) is 0 Å². The molecule has 0 amide bonds. The van der Waals surface area contributed by atoms with Crippen molar-refractivity contribution in [1.29, 1.82) is 0 Å². The van der Waals surface area contributed by atoms with Gasteiger partial charge in [0.1, 0.15) is 28.7 Å². The van der Waals surface area contributed by atoms with Gasteiger partial charge in [0, 0.05) is 65.6 Å². The molecule has 5 fully saturated rings. The third-order valence-corrected chi connectivity index (χ3v) is 10.9. The van der Waals surface area contributed by atoms with E-state index in [0.717, 1.165) is 45.4 Å². The molecule has 4 unspecified atom stereocenters. The molecule has 1 aromatic heterocycles. The van der Waals surface area contributed by atoms with E-state index >= 15 is 8.78 Å². The highest BCUT2D eigenvalue weighted by Gasteiger charge is 2.51. The van der Waals surface area contributed by atoms with Gasteiger partial charge in [-0.05, 0) is 61.8 Å². The topological polar surface area (TPSA) is 83.0 Å². The second-order valence-electron chi connectivity index (χ2n) is 14.0. The molecule has 11 heteroatoms. The lowest BCUT2D eigenvalue weighted by Crippen LogP contribution is -2.65. The first-order valence-electron chi connectivity index (χ1n) is 16.4. The van der Waals surface area contributed by atoms with Crippen LogP contribution in [0.1, 0.15) is 37.7 Å². The fourth-order valence-corrected chi connectivity index (χ4v) is 8.25. The largest absolute Gasteiger partial charge is 0.508 e. The van der Waals surface area contributed by atoms with Crippen LogP contribution in [0, 0.1) is 35.2 Å². The highest BCUT2D eigenvalue weighted by Crippen LogP contribution is 2.49. The molecular weight excluding hydrogens is 607 g/mol. The zero-order valence-electron chi connectivity index (χ0n) is 25.7. The number of rotatable bonds is 7. The third kappa shape index (κ3) is 4.80. The smallest absolute Gasteiger partial charge is 0.319 e. The lowest BCUT2D eigenvalue weighted by Gasteiger charge is -2.53. The average molecular weight is 642 g/mol. The molecule has 4 aromatic rings. The van der Waals surface area contributed by atoms with E-state index in [1.165, 1.54) is 36.8 Å². The monoisotopic (exact) mass is 641 g/mol. The number of aromatic hydroxyl groups is 1. The maximum absolute atomic E-state index is 16.9. The van der Waals surface area contributed by atoms with E-state index in [1.54, 1.807) is 0 Å². The number of terminal acetylenes is 1. The average Bonchev–Trinajstić information content (AvgIpc) is 3.77. The van der Waals surface area contributed by atoms with E-state index < -0.39 is 23.0 Å². The first-order valence-corrected chi connectivity index (χ1v) is 16.4. The molecule has 0 spiro atoms. The van der Waals surface area contributed by atoms with Gasteiger partial charge in [-0.1, -0.05) is 12.0 Å². The second-order valence-corrected chi connectivity index (χ2v) is 14.0. The Morgan fingerprint density at radius 2 is 1.81 bits per heavy atom. The number of anilines is 1. The number of phenols is 1. The highest BCUT2D eigenvalue weighted by molar-refractivity contribution is 6.04. The molecular formula is C36H34F3N5O3. The van der Waals surface area contributed by atoms with Gasteiger partial charge in [0.25, 0.3) is 0 Å². The Hall–Kier alpha value is -4.11. The van der Waals surface area contributed by atoms with Crippen LogP contribution in [0.25, 0.3) is 32.8 Å². The van der Waals surface area contributed by atoms with Crippen molar-refractivity contribution < 1.29 is 27.8 Å². The third-order valence-electron chi connectivity index (χ3n) is 10.9. The number of ether oxygens (including phenoxy) is 2. The van der Waals surface area contributed by atoms with Gasteiger partial charge in [-0.25, -0.2) is 13.2 Å². The van der Waals surface area contributed by atoms with Crippen LogP contribution in [0.3, 0.4) is 0 Å². The number of piperazine rings is 1. The van der Waals surface area contributed by atoms with Crippen molar-refractivity contribution in [3.8, 4) is 35.2 Å². The molecule has 1 aliphatic carbocycles. The van der Waals surface area contributed by atoms with Crippen LogP contribution in [0.2, 0.25) is 0 Å². The summed E-state index contributed by atoms with van der Waals surface area (Å²) in [6, 6.07) is 7.86. The van der Waals surface area contributed by atoms with Gasteiger partial charge in [-0.2, -0.15) is 9.97 Å². The lowest BCUT2D eigenvalue weighted by molar-refractivity contribution is -0.135. The number of benzene rings is 3. The summed E-state index contributed by atoms with van der Waals surface area (Å²) in [5.41, 5.74) is -0.798. The number of hydrogen-bond acceptors (Lipinski definition) is 8. The molecule has 3 aromatic carbocycles. The fraction of sp³-hybridized carbons (Fsp3) is 0.444. The summed E-state index contributed by atoms with van der Waals surface area (Å²) in [5, 5.41) is 14.8. The standard InChI is InChI=1S/C36H34F3N5O3/c1-2-25-28(37)6-3-19-9-24(45)11-26(30(19)25)31-29(38)12-27-33(32(31)39)41-35(42-34(27)43-13-20-4-5-21(14-43)40-20)47-18-36(7-8-36)17-44-22-10-23(44)16-46-15-22/h1,3,6,9,11-12,20-23,40,45H,4-5,7-8,10,13-18H2. The summed E-state index contributed by atoms with van der Waals surface area (Å²) in [6.45, 7) is 4.10. The SMILES string of the molecule is C#Cc1c(F)ccc2cc(O)cc(-c3c(F)cc4c(N5CC6CCC(C5)N6)nc(OCC5(CN6C7COCC6C7)CC5)nc4c3F)c12. The first kappa shape index (κ1) is 29.1. The zero-order valence-corrected chi connectivity index (χ0v) is 25.7. The normalized spacial score (nSPS) is 26.0. The van der Waals surface area contributed by atoms with E-state index in [1.807, 2.05) is 0 Å². The van der Waals surface area contributed by atoms with Gasteiger partial charge < -0.3 is 24.8 Å². The minimum atomic E-state index is -0.958. The second kappa shape index (κ2) is 10.7. The molecule has 4 bridgehead atoms. The molecule has 5 aliphatic rings. The van der Waals surface area contributed by atoms with Crippen molar-refractivity contribution in [2.75, 3.05) is 44.4 Å². The lowest BCUT2D eigenvalue weighted by atomic mass is 9.89. The highest BCUT2D eigenvalue weighted by atomic mass is 19.1. The Balaban J connectivity index is 1.15. The Morgan fingerprint density at radius 3 is 2.51 bits per heavy atom. The van der Waals surface area contributed by atoms with Crippen molar-refractivity contribution in [2.24, 2.45) is 5.41 Å². The number of morpholine rings is 1. The van der Waals surface area contributed by atoms with Crippen molar-refractivity contribution in [1.82, 2.24) is 20.2 Å². The van der Waals surface area contributed by atoms with Gasteiger partial charge in [0.2, 0.25) is 0 Å². The fourth-order valence-electron chi connectivity index (χ4n) is 8.25. The number of aromatic nitrogens is 2. The summed E-state index contributed by atoms with van der Waals surface area (Å²) in [6.07, 6.45) is 10.9. The molecule has 2 N–H and O–H groups in total. The summed E-state index contributed by atoms with van der Waals surface area (Å²) in [7, 11) is 0. The van der Waals surface area contributed by atoms with Gasteiger partial charge in [0.05, 0.1) is 30.9 Å². The molecule has 4 atom stereocenters. The molecule has 0 radical (unpaired) electrons. The number of phenolic OH excluding ortho intramolecular Hbond substituents is 1. The quantitative estimate of drug-likeness (QED) is 0.269. The van der Waals surface area contributed by atoms with E-state index in [2.05, 4.69) is 26.0 Å². The Labute approximate surface area is 269 Å². The molecule has 242 valence electrons. The number of halogens is 3. The predicted molar refractivity (Wildman–Crippen MR) is 171 cm³/mol. The van der Waals surface area contributed by atoms with Crippen LogP contribution >= 0.6 is 0 Å². The minimum absolute atomic E-state index is 0.0242. The maximum atomic E-state index is 16.9. The van der Waals surface area contributed by atoms with Gasteiger partial charge in [0.15, 0.2) is 5.82 Å². The molecule has 1 saturated carbocycles. The van der Waals surface area contributed by atoms with Crippen LogP contribution in [-0.2, 0) is 4.74 Å². The van der Waals surface area contributed by atoms with Gasteiger partial charge in [-0.15, -0.1) is 6.42 Å². The van der Waals surface area contributed by atoms with Crippen molar-refractivity contribution in [2.45, 2.75) is 56.3 Å². The van der Waals surface area contributed by atoms with Crippen LogP contribution in [0.15, 0.2) is 30.3 Å². The van der Waals surface area contributed by atoms with E-state index in [-0.39, 0.29) is 56.7 Å². The number of fused-ring (bicyclic) bond motifs is 6. The first-order chi connectivity index (χ1) is 22.8. The van der Waals surface area contributed by atoms with Gasteiger partial charge >= 0.3 is 6.01 Å². The zero-order chi connectivity index (χ0) is 32.0. The van der Waals surface area contributed by atoms with Crippen molar-refractivity contribution >= 4 is 27.5 Å². The Kier molecular flexibility index (Phi) is 6.62. The van der Waals surface area contributed by atoms with E-state index in [0.29, 0.717) is 43.0 Å². The van der Waals surface area contributed by atoms with Crippen LogP contribution in [0.5, 0.6) is 11.8 Å².